The molecule has 124 valence electrons. The Hall–Kier alpha value is -3.07. The third-order valence-electron chi connectivity index (χ3n) is 4.87. The molecule has 0 aromatic heterocycles. The maximum Gasteiger partial charge on any atom is 0.173 e. The summed E-state index contributed by atoms with van der Waals surface area (Å²) < 4.78 is 5.28. The maximum atomic E-state index is 13.2. The van der Waals surface area contributed by atoms with Crippen molar-refractivity contribution in [2.75, 3.05) is 7.11 Å². The molecule has 0 saturated heterocycles. The number of Topliss-reactive ketones (excluding diaryl/α,β-unsaturated/α-hetero) is 1. The number of allylic oxidation sites excluding steroid dienone is 2. The van der Waals surface area contributed by atoms with Crippen molar-refractivity contribution in [1.29, 1.82) is 0 Å². The van der Waals surface area contributed by atoms with Gasteiger partial charge in [0.15, 0.2) is 5.78 Å². The summed E-state index contributed by atoms with van der Waals surface area (Å²) in [6.07, 6.45) is 0.555. The Morgan fingerprint density at radius 2 is 1.76 bits per heavy atom. The SMILES string of the molecule is COc1cccc(C2=C(N)CC(c3cccc4ccccc34)C2=O)c1. The smallest absolute Gasteiger partial charge is 0.173 e. The molecule has 1 unspecified atom stereocenters. The van der Waals surface area contributed by atoms with Crippen molar-refractivity contribution in [2.45, 2.75) is 12.3 Å². The second-order valence-corrected chi connectivity index (χ2v) is 6.32. The molecule has 1 atom stereocenters. The maximum absolute atomic E-state index is 13.2. The van der Waals surface area contributed by atoms with Gasteiger partial charge in [0, 0.05) is 17.7 Å². The van der Waals surface area contributed by atoms with Crippen molar-refractivity contribution >= 4 is 22.1 Å². The van der Waals surface area contributed by atoms with E-state index >= 15 is 0 Å². The number of hydrogen-bond acceptors (Lipinski definition) is 3. The average Bonchev–Trinajstić information content (AvgIpc) is 2.95. The minimum atomic E-state index is -0.229. The van der Waals surface area contributed by atoms with Gasteiger partial charge in [0.2, 0.25) is 0 Å². The van der Waals surface area contributed by atoms with Crippen LogP contribution in [0.2, 0.25) is 0 Å². The van der Waals surface area contributed by atoms with Crippen LogP contribution in [0.3, 0.4) is 0 Å². The quantitative estimate of drug-likeness (QED) is 0.780. The Kier molecular flexibility index (Phi) is 3.77. The van der Waals surface area contributed by atoms with E-state index in [-0.39, 0.29) is 11.7 Å². The molecule has 4 rings (SSSR count). The Labute approximate surface area is 146 Å². The molecule has 25 heavy (non-hydrogen) atoms. The number of benzene rings is 3. The standard InChI is InChI=1S/C22H19NO2/c1-25-16-9-4-8-15(12-16)21-20(23)13-19(22(21)24)18-11-5-7-14-6-2-3-10-17(14)18/h2-12,19H,13,23H2,1H3. The molecule has 1 aliphatic rings. The minimum Gasteiger partial charge on any atom is -0.497 e. The molecule has 3 nitrogen and oxygen atoms in total. The summed E-state index contributed by atoms with van der Waals surface area (Å²) in [5.74, 6) is 0.577. The van der Waals surface area contributed by atoms with Crippen molar-refractivity contribution in [3.63, 3.8) is 0 Å². The van der Waals surface area contributed by atoms with E-state index in [1.807, 2.05) is 48.5 Å². The lowest BCUT2D eigenvalue weighted by atomic mass is 9.89. The van der Waals surface area contributed by atoms with Gasteiger partial charge in [-0.2, -0.15) is 0 Å². The molecule has 0 spiro atoms. The van der Waals surface area contributed by atoms with Gasteiger partial charge in [-0.25, -0.2) is 0 Å². The van der Waals surface area contributed by atoms with Gasteiger partial charge in [0.25, 0.3) is 0 Å². The van der Waals surface area contributed by atoms with Gasteiger partial charge >= 0.3 is 0 Å². The number of carbonyl (C=O) groups is 1. The molecule has 0 amide bonds. The first-order chi connectivity index (χ1) is 12.2. The molecule has 0 aliphatic heterocycles. The Morgan fingerprint density at radius 3 is 2.60 bits per heavy atom. The Morgan fingerprint density at radius 1 is 1.00 bits per heavy atom. The fraction of sp³-hybridized carbons (Fsp3) is 0.136. The first-order valence-electron chi connectivity index (χ1n) is 8.34. The molecular weight excluding hydrogens is 310 g/mol. The lowest BCUT2D eigenvalue weighted by molar-refractivity contribution is -0.114. The summed E-state index contributed by atoms with van der Waals surface area (Å²) in [7, 11) is 1.62. The van der Waals surface area contributed by atoms with Gasteiger partial charge in [-0.1, -0.05) is 54.6 Å². The summed E-state index contributed by atoms with van der Waals surface area (Å²) in [6.45, 7) is 0. The zero-order valence-corrected chi connectivity index (χ0v) is 14.0. The Balaban J connectivity index is 1.77. The van der Waals surface area contributed by atoms with E-state index in [0.29, 0.717) is 17.7 Å². The molecule has 3 aromatic carbocycles. The number of hydrogen-bond donors (Lipinski definition) is 1. The Bertz CT molecular complexity index is 998. The average molecular weight is 329 g/mol. The van der Waals surface area contributed by atoms with Crippen molar-refractivity contribution in [1.82, 2.24) is 0 Å². The van der Waals surface area contributed by atoms with E-state index in [1.54, 1.807) is 7.11 Å². The molecule has 0 bridgehead atoms. The third-order valence-corrected chi connectivity index (χ3v) is 4.87. The predicted molar refractivity (Wildman–Crippen MR) is 100 cm³/mol. The number of carbonyl (C=O) groups excluding carboxylic acids is 1. The van der Waals surface area contributed by atoms with Crippen LogP contribution in [0.15, 0.2) is 72.4 Å². The lowest BCUT2D eigenvalue weighted by Crippen LogP contribution is -2.08. The van der Waals surface area contributed by atoms with Crippen LogP contribution in [0.4, 0.5) is 0 Å². The normalized spacial score (nSPS) is 17.3. The molecule has 0 radical (unpaired) electrons. The highest BCUT2D eigenvalue weighted by Crippen LogP contribution is 2.41. The number of ether oxygens (including phenoxy) is 1. The molecule has 1 aliphatic carbocycles. The highest BCUT2D eigenvalue weighted by atomic mass is 16.5. The van der Waals surface area contributed by atoms with Crippen LogP contribution >= 0.6 is 0 Å². The molecule has 3 heteroatoms. The summed E-state index contributed by atoms with van der Waals surface area (Å²) >= 11 is 0. The summed E-state index contributed by atoms with van der Waals surface area (Å²) in [5, 5.41) is 2.25. The number of methoxy groups -OCH3 is 1. The van der Waals surface area contributed by atoms with Crippen molar-refractivity contribution in [3.05, 3.63) is 83.6 Å². The van der Waals surface area contributed by atoms with E-state index in [1.165, 1.54) is 0 Å². The molecule has 3 aromatic rings. The van der Waals surface area contributed by atoms with E-state index in [4.69, 9.17) is 10.5 Å². The summed E-state index contributed by atoms with van der Waals surface area (Å²) in [5.41, 5.74) is 9.42. The van der Waals surface area contributed by atoms with Crippen LogP contribution < -0.4 is 10.5 Å². The van der Waals surface area contributed by atoms with Crippen molar-refractivity contribution < 1.29 is 9.53 Å². The second-order valence-electron chi connectivity index (χ2n) is 6.32. The number of nitrogens with two attached hydrogens (primary N) is 1. The van der Waals surface area contributed by atoms with Gasteiger partial charge in [-0.05, 0) is 34.0 Å². The van der Waals surface area contributed by atoms with Crippen molar-refractivity contribution in [2.24, 2.45) is 5.73 Å². The van der Waals surface area contributed by atoms with Crippen LogP contribution in [0.1, 0.15) is 23.5 Å². The first kappa shape index (κ1) is 15.5. The molecule has 0 saturated carbocycles. The van der Waals surface area contributed by atoms with Gasteiger partial charge in [-0.15, -0.1) is 0 Å². The minimum absolute atomic E-state index is 0.0853. The van der Waals surface area contributed by atoms with Gasteiger partial charge in [0.1, 0.15) is 5.75 Å². The fourth-order valence-corrected chi connectivity index (χ4v) is 3.66. The van der Waals surface area contributed by atoms with Crippen LogP contribution in [0.5, 0.6) is 5.75 Å². The highest BCUT2D eigenvalue weighted by Gasteiger charge is 2.34. The second kappa shape index (κ2) is 6.10. The van der Waals surface area contributed by atoms with E-state index < -0.39 is 0 Å². The zero-order valence-electron chi connectivity index (χ0n) is 14.0. The number of ketones is 1. The highest BCUT2D eigenvalue weighted by molar-refractivity contribution is 6.27. The topological polar surface area (TPSA) is 52.3 Å². The molecular formula is C22H19NO2. The van der Waals surface area contributed by atoms with Gasteiger partial charge < -0.3 is 10.5 Å². The summed E-state index contributed by atoms with van der Waals surface area (Å²) in [6, 6.07) is 21.8. The summed E-state index contributed by atoms with van der Waals surface area (Å²) in [4.78, 5) is 13.2. The van der Waals surface area contributed by atoms with Crippen LogP contribution in [0, 0.1) is 0 Å². The van der Waals surface area contributed by atoms with Crippen molar-refractivity contribution in [3.8, 4) is 5.75 Å². The van der Waals surface area contributed by atoms with Gasteiger partial charge in [0.05, 0.1) is 13.0 Å². The predicted octanol–water partition coefficient (Wildman–Crippen LogP) is 4.27. The third kappa shape index (κ3) is 2.58. The van der Waals surface area contributed by atoms with E-state index in [0.717, 1.165) is 27.6 Å². The monoisotopic (exact) mass is 329 g/mol. The van der Waals surface area contributed by atoms with E-state index in [9.17, 15) is 4.79 Å². The molecule has 0 fully saturated rings. The van der Waals surface area contributed by atoms with Crippen LogP contribution in [0.25, 0.3) is 16.3 Å². The van der Waals surface area contributed by atoms with Crippen LogP contribution in [-0.4, -0.2) is 12.9 Å². The molecule has 0 heterocycles. The fourth-order valence-electron chi connectivity index (χ4n) is 3.66. The largest absolute Gasteiger partial charge is 0.497 e. The molecule has 2 N–H and O–H groups in total. The lowest BCUT2D eigenvalue weighted by Gasteiger charge is -2.13. The zero-order chi connectivity index (χ0) is 17.4. The number of fused-ring (bicyclic) bond motifs is 1. The number of rotatable bonds is 3. The van der Waals surface area contributed by atoms with Gasteiger partial charge in [-0.3, -0.25) is 4.79 Å². The first-order valence-corrected chi connectivity index (χ1v) is 8.34. The van der Waals surface area contributed by atoms with E-state index in [2.05, 4.69) is 18.2 Å². The van der Waals surface area contributed by atoms with Crippen LogP contribution in [-0.2, 0) is 4.79 Å².